The van der Waals surface area contributed by atoms with Gasteiger partial charge in [-0.1, -0.05) is 26.7 Å². The number of piperidine rings is 1. The second-order valence-electron chi connectivity index (χ2n) is 6.83. The Kier molecular flexibility index (Phi) is 6.62. The van der Waals surface area contributed by atoms with E-state index in [2.05, 4.69) is 29.4 Å². The standard InChI is InChI=1S/C9H18N2.C7H15N/c1-2-4-9(3-1)11-7-5-10-6-8-11;1-6-3-7(2)5-8-4-6/h9-10H,1-8H2;6-8H,3-5H2,1-2H3. The lowest BCUT2D eigenvalue weighted by Crippen LogP contribution is -2.47. The maximum atomic E-state index is 3.40. The topological polar surface area (TPSA) is 27.3 Å². The molecule has 0 bridgehead atoms. The van der Waals surface area contributed by atoms with Gasteiger partial charge in [0.2, 0.25) is 0 Å². The monoisotopic (exact) mass is 267 g/mol. The summed E-state index contributed by atoms with van der Waals surface area (Å²) in [7, 11) is 0. The van der Waals surface area contributed by atoms with Crippen LogP contribution in [0.4, 0.5) is 0 Å². The fourth-order valence-corrected chi connectivity index (χ4v) is 3.75. The van der Waals surface area contributed by atoms with E-state index in [-0.39, 0.29) is 0 Å². The molecule has 112 valence electrons. The largest absolute Gasteiger partial charge is 0.316 e. The Morgan fingerprint density at radius 1 is 0.842 bits per heavy atom. The summed E-state index contributed by atoms with van der Waals surface area (Å²) in [6.07, 6.45) is 7.26. The van der Waals surface area contributed by atoms with Gasteiger partial charge in [0.05, 0.1) is 0 Å². The molecule has 0 spiro atoms. The fourth-order valence-electron chi connectivity index (χ4n) is 3.75. The predicted octanol–water partition coefficient (Wildman–Crippen LogP) is 2.09. The number of piperazine rings is 1. The van der Waals surface area contributed by atoms with Crippen molar-refractivity contribution in [2.24, 2.45) is 11.8 Å². The lowest BCUT2D eigenvalue weighted by atomic mass is 9.94. The maximum absolute atomic E-state index is 3.40. The van der Waals surface area contributed by atoms with Gasteiger partial charge in [-0.25, -0.2) is 0 Å². The summed E-state index contributed by atoms with van der Waals surface area (Å²) in [5, 5.41) is 6.78. The molecule has 2 aliphatic heterocycles. The summed E-state index contributed by atoms with van der Waals surface area (Å²) >= 11 is 0. The Bertz CT molecular complexity index is 224. The smallest absolute Gasteiger partial charge is 0.0110 e. The van der Waals surface area contributed by atoms with Gasteiger partial charge in [0.1, 0.15) is 0 Å². The lowest BCUT2D eigenvalue weighted by Gasteiger charge is -2.32. The van der Waals surface area contributed by atoms with Crippen LogP contribution < -0.4 is 10.6 Å². The molecule has 0 radical (unpaired) electrons. The number of rotatable bonds is 1. The SMILES string of the molecule is C1CCC(N2CCNCC2)C1.CC1CNCC(C)C1. The Labute approximate surface area is 119 Å². The van der Waals surface area contributed by atoms with Gasteiger partial charge in [-0.15, -0.1) is 0 Å². The zero-order valence-electron chi connectivity index (χ0n) is 13.0. The van der Waals surface area contributed by atoms with Crippen LogP contribution >= 0.6 is 0 Å². The van der Waals surface area contributed by atoms with E-state index in [4.69, 9.17) is 0 Å². The van der Waals surface area contributed by atoms with Crippen LogP contribution in [0.25, 0.3) is 0 Å². The number of nitrogens with one attached hydrogen (secondary N) is 2. The molecular formula is C16H33N3. The number of hydrogen-bond acceptors (Lipinski definition) is 3. The van der Waals surface area contributed by atoms with E-state index in [1.807, 2.05) is 0 Å². The Morgan fingerprint density at radius 3 is 1.89 bits per heavy atom. The van der Waals surface area contributed by atoms with Gasteiger partial charge in [0.25, 0.3) is 0 Å². The molecule has 2 unspecified atom stereocenters. The molecule has 1 aliphatic carbocycles. The quantitative estimate of drug-likeness (QED) is 0.762. The summed E-state index contributed by atoms with van der Waals surface area (Å²) in [5.74, 6) is 1.80. The minimum Gasteiger partial charge on any atom is -0.316 e. The summed E-state index contributed by atoms with van der Waals surface area (Å²) in [6.45, 7) is 12.0. The first-order chi connectivity index (χ1) is 9.25. The van der Waals surface area contributed by atoms with Crippen LogP contribution in [0, 0.1) is 11.8 Å². The molecule has 0 aromatic carbocycles. The third kappa shape index (κ3) is 5.41. The van der Waals surface area contributed by atoms with Crippen molar-refractivity contribution in [2.45, 2.75) is 52.0 Å². The van der Waals surface area contributed by atoms with E-state index >= 15 is 0 Å². The van der Waals surface area contributed by atoms with Crippen molar-refractivity contribution in [3.05, 3.63) is 0 Å². The van der Waals surface area contributed by atoms with Gasteiger partial charge in [-0.2, -0.15) is 0 Å². The first-order valence-corrected chi connectivity index (χ1v) is 8.41. The average Bonchev–Trinajstić information content (AvgIpc) is 2.94. The molecule has 2 saturated heterocycles. The number of nitrogens with zero attached hydrogens (tertiary/aromatic N) is 1. The maximum Gasteiger partial charge on any atom is 0.0110 e. The van der Waals surface area contributed by atoms with E-state index in [0.29, 0.717) is 0 Å². The molecule has 0 aromatic heterocycles. The van der Waals surface area contributed by atoms with Gasteiger partial charge < -0.3 is 10.6 Å². The van der Waals surface area contributed by atoms with Gasteiger partial charge in [0, 0.05) is 32.2 Å². The van der Waals surface area contributed by atoms with E-state index < -0.39 is 0 Å². The summed E-state index contributed by atoms with van der Waals surface area (Å²) in [4.78, 5) is 2.67. The van der Waals surface area contributed by atoms with Crippen molar-refractivity contribution in [3.63, 3.8) is 0 Å². The Hall–Kier alpha value is -0.120. The summed E-state index contributed by atoms with van der Waals surface area (Å²) < 4.78 is 0. The minimum atomic E-state index is 0.902. The molecule has 0 aromatic rings. The van der Waals surface area contributed by atoms with Crippen LogP contribution in [-0.4, -0.2) is 50.2 Å². The second-order valence-corrected chi connectivity index (χ2v) is 6.83. The highest BCUT2D eigenvalue weighted by molar-refractivity contribution is 4.80. The molecule has 2 heterocycles. The van der Waals surface area contributed by atoms with Crippen molar-refractivity contribution in [1.82, 2.24) is 15.5 Å². The fraction of sp³-hybridized carbons (Fsp3) is 1.00. The highest BCUT2D eigenvalue weighted by Crippen LogP contribution is 2.23. The Balaban J connectivity index is 0.000000148. The van der Waals surface area contributed by atoms with Gasteiger partial charge in [-0.05, 0) is 44.2 Å². The molecule has 1 saturated carbocycles. The van der Waals surface area contributed by atoms with E-state index in [1.165, 1.54) is 71.4 Å². The predicted molar refractivity (Wildman–Crippen MR) is 82.5 cm³/mol. The zero-order chi connectivity index (χ0) is 13.5. The summed E-state index contributed by atoms with van der Waals surface area (Å²) in [6, 6.07) is 0.942. The first-order valence-electron chi connectivity index (χ1n) is 8.41. The van der Waals surface area contributed by atoms with Crippen molar-refractivity contribution in [3.8, 4) is 0 Å². The van der Waals surface area contributed by atoms with E-state index in [9.17, 15) is 0 Å². The molecule has 3 rings (SSSR count). The zero-order valence-corrected chi connectivity index (χ0v) is 13.0. The molecule has 0 amide bonds. The second kappa shape index (κ2) is 8.23. The normalized spacial score (nSPS) is 33.8. The molecule has 3 fully saturated rings. The van der Waals surface area contributed by atoms with E-state index in [0.717, 1.165) is 17.9 Å². The van der Waals surface area contributed by atoms with Crippen LogP contribution in [0.15, 0.2) is 0 Å². The summed E-state index contributed by atoms with van der Waals surface area (Å²) in [5.41, 5.74) is 0. The molecular weight excluding hydrogens is 234 g/mol. The van der Waals surface area contributed by atoms with Crippen molar-refractivity contribution < 1.29 is 0 Å². The lowest BCUT2D eigenvalue weighted by molar-refractivity contribution is 0.175. The Morgan fingerprint density at radius 2 is 1.42 bits per heavy atom. The molecule has 3 heteroatoms. The molecule has 3 aliphatic rings. The third-order valence-corrected chi connectivity index (χ3v) is 4.78. The average molecular weight is 267 g/mol. The van der Waals surface area contributed by atoms with Crippen LogP contribution in [0.5, 0.6) is 0 Å². The first kappa shape index (κ1) is 15.3. The van der Waals surface area contributed by atoms with Crippen LogP contribution in [0.3, 0.4) is 0 Å². The van der Waals surface area contributed by atoms with Crippen molar-refractivity contribution in [1.29, 1.82) is 0 Å². The molecule has 2 atom stereocenters. The minimum absolute atomic E-state index is 0.902. The molecule has 3 nitrogen and oxygen atoms in total. The molecule has 19 heavy (non-hydrogen) atoms. The van der Waals surface area contributed by atoms with Crippen LogP contribution in [-0.2, 0) is 0 Å². The van der Waals surface area contributed by atoms with Crippen LogP contribution in [0.2, 0.25) is 0 Å². The highest BCUT2D eigenvalue weighted by atomic mass is 15.2. The highest BCUT2D eigenvalue weighted by Gasteiger charge is 2.22. The van der Waals surface area contributed by atoms with Crippen molar-refractivity contribution in [2.75, 3.05) is 39.3 Å². The van der Waals surface area contributed by atoms with Gasteiger partial charge in [0.15, 0.2) is 0 Å². The van der Waals surface area contributed by atoms with Gasteiger partial charge >= 0.3 is 0 Å². The van der Waals surface area contributed by atoms with Crippen LogP contribution in [0.1, 0.15) is 46.0 Å². The molecule has 2 N–H and O–H groups in total. The third-order valence-electron chi connectivity index (χ3n) is 4.78. The van der Waals surface area contributed by atoms with Crippen molar-refractivity contribution >= 4 is 0 Å². The number of hydrogen-bond donors (Lipinski definition) is 2. The van der Waals surface area contributed by atoms with Gasteiger partial charge in [-0.3, -0.25) is 4.90 Å². The van der Waals surface area contributed by atoms with E-state index in [1.54, 1.807) is 0 Å².